The van der Waals surface area contributed by atoms with E-state index < -0.39 is 18.2 Å². The third-order valence-corrected chi connectivity index (χ3v) is 4.83. The first-order valence-electron chi connectivity index (χ1n) is 9.55. The largest absolute Gasteiger partial charge is 0.481 e. The van der Waals surface area contributed by atoms with Gasteiger partial charge in [0.15, 0.2) is 0 Å². The number of hydrogen-bond donors (Lipinski definition) is 3. The minimum atomic E-state index is -0.808. The molecule has 0 bridgehead atoms. The van der Waals surface area contributed by atoms with Gasteiger partial charge in [-0.3, -0.25) is 14.8 Å². The molecule has 0 aromatic carbocycles. The number of carboxylic acids is 1. The van der Waals surface area contributed by atoms with Gasteiger partial charge < -0.3 is 10.2 Å². The fourth-order valence-electron chi connectivity index (χ4n) is 3.29. The number of Topliss-reactive ketones (excluding diaryl/α,β-unsaturated/α-hetero) is 1. The molecule has 1 fully saturated rings. The normalized spacial score (nSPS) is 24.7. The minimum absolute atomic E-state index is 0.0368. The van der Waals surface area contributed by atoms with Crippen LogP contribution in [0, 0.1) is 11.8 Å². The van der Waals surface area contributed by atoms with Crippen LogP contribution in [-0.2, 0) is 14.5 Å². The van der Waals surface area contributed by atoms with Crippen molar-refractivity contribution in [2.24, 2.45) is 11.8 Å². The zero-order valence-electron chi connectivity index (χ0n) is 15.5. The number of aliphatic hydroxyl groups is 1. The van der Waals surface area contributed by atoms with Crippen LogP contribution in [0.3, 0.4) is 0 Å². The molecule has 1 aliphatic carbocycles. The number of carbonyl (C=O) groups is 2. The van der Waals surface area contributed by atoms with Gasteiger partial charge in [-0.1, -0.05) is 50.5 Å². The summed E-state index contributed by atoms with van der Waals surface area (Å²) >= 11 is 0. The molecule has 0 heterocycles. The van der Waals surface area contributed by atoms with Gasteiger partial charge in [0.2, 0.25) is 0 Å². The molecule has 1 aliphatic rings. The lowest BCUT2D eigenvalue weighted by atomic mass is 9.90. The van der Waals surface area contributed by atoms with E-state index in [2.05, 4.69) is 11.8 Å². The maximum absolute atomic E-state index is 12.1. The number of hydrogen-bond acceptors (Lipinski definition) is 5. The molecule has 1 unspecified atom stereocenters. The average Bonchev–Trinajstić information content (AvgIpc) is 2.87. The van der Waals surface area contributed by atoms with Gasteiger partial charge in [-0.2, -0.15) is 0 Å². The number of carboxylic acid groups (broad SMARTS) is 1. The fraction of sp³-hybridized carbons (Fsp3) is 0.700. The van der Waals surface area contributed by atoms with Gasteiger partial charge >= 0.3 is 5.97 Å². The summed E-state index contributed by atoms with van der Waals surface area (Å²) in [6.07, 6.45) is 12.0. The van der Waals surface area contributed by atoms with E-state index in [1.54, 1.807) is 12.2 Å². The van der Waals surface area contributed by atoms with Gasteiger partial charge in [-0.15, -0.1) is 0 Å². The number of unbranched alkanes of at least 4 members (excludes halogenated alkanes) is 3. The summed E-state index contributed by atoms with van der Waals surface area (Å²) in [6.45, 7) is 2.10. The maximum atomic E-state index is 12.1. The van der Waals surface area contributed by atoms with E-state index in [9.17, 15) is 14.7 Å². The van der Waals surface area contributed by atoms with Crippen LogP contribution in [0.2, 0.25) is 0 Å². The van der Waals surface area contributed by atoms with Crippen molar-refractivity contribution in [2.75, 3.05) is 0 Å². The second kappa shape index (κ2) is 12.8. The van der Waals surface area contributed by atoms with Crippen LogP contribution in [0.1, 0.15) is 64.7 Å². The molecular formula is C20H32O6. The number of carbonyl (C=O) groups excluding carboxylic acids is 1. The first kappa shape index (κ1) is 22.5. The van der Waals surface area contributed by atoms with E-state index in [4.69, 9.17) is 10.4 Å². The molecule has 0 radical (unpaired) electrons. The molecule has 0 aromatic rings. The van der Waals surface area contributed by atoms with Crippen molar-refractivity contribution in [3.8, 4) is 0 Å². The van der Waals surface area contributed by atoms with Crippen molar-refractivity contribution in [1.82, 2.24) is 0 Å². The molecule has 0 saturated heterocycles. The zero-order valence-corrected chi connectivity index (χ0v) is 15.5. The summed E-state index contributed by atoms with van der Waals surface area (Å²) in [5.41, 5.74) is 0. The standard InChI is InChI=1S/C20H32O6/c1-2-3-6-9-15(26-25)12-13-17-16(18(21)14-19(17)22)10-7-4-5-8-11-20(23)24/h4,7,12-13,15-17,19,22,25H,2-3,5-6,8-11,14H2,1H3,(H,23,24)/t15?,16-,17-,19-/m1/s1. The number of aliphatic carboxylic acids is 1. The van der Waals surface area contributed by atoms with E-state index in [0.717, 1.165) is 19.3 Å². The Morgan fingerprint density at radius 2 is 2.08 bits per heavy atom. The van der Waals surface area contributed by atoms with Crippen LogP contribution in [0.4, 0.5) is 0 Å². The van der Waals surface area contributed by atoms with Gasteiger partial charge in [0.05, 0.1) is 6.10 Å². The smallest absolute Gasteiger partial charge is 0.303 e. The predicted molar refractivity (Wildman–Crippen MR) is 98.6 cm³/mol. The van der Waals surface area contributed by atoms with Crippen molar-refractivity contribution in [2.45, 2.75) is 76.9 Å². The van der Waals surface area contributed by atoms with Crippen LogP contribution in [0.15, 0.2) is 24.3 Å². The van der Waals surface area contributed by atoms with E-state index >= 15 is 0 Å². The highest BCUT2D eigenvalue weighted by Gasteiger charge is 2.39. The number of rotatable bonds is 13. The highest BCUT2D eigenvalue weighted by molar-refractivity contribution is 5.84. The lowest BCUT2D eigenvalue weighted by molar-refractivity contribution is -0.267. The minimum Gasteiger partial charge on any atom is -0.481 e. The van der Waals surface area contributed by atoms with Crippen LogP contribution >= 0.6 is 0 Å². The van der Waals surface area contributed by atoms with Crippen molar-refractivity contribution >= 4 is 11.8 Å². The van der Waals surface area contributed by atoms with Gasteiger partial charge in [0, 0.05) is 24.7 Å². The van der Waals surface area contributed by atoms with Crippen molar-refractivity contribution in [1.29, 1.82) is 0 Å². The molecule has 148 valence electrons. The second-order valence-electron chi connectivity index (χ2n) is 6.94. The van der Waals surface area contributed by atoms with Gasteiger partial charge in [-0.25, -0.2) is 4.89 Å². The summed E-state index contributed by atoms with van der Waals surface area (Å²) in [5.74, 6) is -1.34. The molecule has 26 heavy (non-hydrogen) atoms. The lowest BCUT2D eigenvalue weighted by Crippen LogP contribution is -2.19. The number of ketones is 1. The van der Waals surface area contributed by atoms with Crippen LogP contribution < -0.4 is 0 Å². The Labute approximate surface area is 155 Å². The molecule has 1 saturated carbocycles. The molecule has 3 N–H and O–H groups in total. The maximum Gasteiger partial charge on any atom is 0.303 e. The summed E-state index contributed by atoms with van der Waals surface area (Å²) in [6, 6.07) is 0. The first-order chi connectivity index (χ1) is 12.5. The quantitative estimate of drug-likeness (QED) is 0.198. The molecular weight excluding hydrogens is 336 g/mol. The average molecular weight is 368 g/mol. The highest BCUT2D eigenvalue weighted by Crippen LogP contribution is 2.33. The van der Waals surface area contributed by atoms with Gasteiger partial charge in [0.25, 0.3) is 0 Å². The van der Waals surface area contributed by atoms with Gasteiger partial charge in [0.1, 0.15) is 11.9 Å². The van der Waals surface area contributed by atoms with Gasteiger partial charge in [-0.05, 0) is 25.7 Å². The number of allylic oxidation sites excluding steroid dienone is 2. The zero-order chi connectivity index (χ0) is 19.4. The summed E-state index contributed by atoms with van der Waals surface area (Å²) in [5, 5.41) is 27.8. The molecule has 6 heteroatoms. The molecule has 0 aliphatic heterocycles. The fourth-order valence-corrected chi connectivity index (χ4v) is 3.29. The van der Waals surface area contributed by atoms with E-state index in [1.165, 1.54) is 0 Å². The van der Waals surface area contributed by atoms with Crippen LogP contribution in [-0.4, -0.2) is 39.4 Å². The molecule has 0 amide bonds. The Balaban J connectivity index is 2.54. The van der Waals surface area contributed by atoms with Crippen molar-refractivity contribution in [3.63, 3.8) is 0 Å². The third kappa shape index (κ3) is 8.25. The first-order valence-corrected chi connectivity index (χ1v) is 9.55. The molecule has 0 aromatic heterocycles. The summed E-state index contributed by atoms with van der Waals surface area (Å²) < 4.78 is 0. The second-order valence-corrected chi connectivity index (χ2v) is 6.94. The van der Waals surface area contributed by atoms with Crippen molar-refractivity contribution < 1.29 is 29.9 Å². The Morgan fingerprint density at radius 3 is 2.73 bits per heavy atom. The lowest BCUT2D eigenvalue weighted by Gasteiger charge is -2.17. The summed E-state index contributed by atoms with van der Waals surface area (Å²) in [4.78, 5) is 27.1. The van der Waals surface area contributed by atoms with Crippen LogP contribution in [0.25, 0.3) is 0 Å². The monoisotopic (exact) mass is 368 g/mol. The Hall–Kier alpha value is -1.50. The topological polar surface area (TPSA) is 104 Å². The SMILES string of the molecule is CCCCCC(C=C[C@H]1[C@H](O)CC(=O)[C@@H]1CC=CCCCC(=O)O)OO. The van der Waals surface area contributed by atoms with Crippen LogP contribution in [0.5, 0.6) is 0 Å². The Morgan fingerprint density at radius 1 is 1.31 bits per heavy atom. The molecule has 4 atom stereocenters. The Bertz CT molecular complexity index is 485. The molecule has 6 nitrogen and oxygen atoms in total. The van der Waals surface area contributed by atoms with Crippen molar-refractivity contribution in [3.05, 3.63) is 24.3 Å². The van der Waals surface area contributed by atoms with E-state index in [1.807, 2.05) is 12.2 Å². The van der Waals surface area contributed by atoms with E-state index in [0.29, 0.717) is 25.7 Å². The highest BCUT2D eigenvalue weighted by atomic mass is 17.1. The summed E-state index contributed by atoms with van der Waals surface area (Å²) in [7, 11) is 0. The Kier molecular flexibility index (Phi) is 11.1. The molecule has 0 spiro atoms. The number of aliphatic hydroxyl groups excluding tert-OH is 1. The third-order valence-electron chi connectivity index (χ3n) is 4.83. The van der Waals surface area contributed by atoms with E-state index in [-0.39, 0.29) is 30.5 Å². The molecule has 1 rings (SSSR count). The predicted octanol–water partition coefficient (Wildman–Crippen LogP) is 3.75.